The summed E-state index contributed by atoms with van der Waals surface area (Å²) in [5.74, 6) is 0.990. The Bertz CT molecular complexity index is 922. The van der Waals surface area contributed by atoms with Gasteiger partial charge in [-0.05, 0) is 35.9 Å². The van der Waals surface area contributed by atoms with E-state index in [1.807, 2.05) is 24.3 Å². The Labute approximate surface area is 148 Å². The maximum Gasteiger partial charge on any atom is 0.276 e. The van der Waals surface area contributed by atoms with E-state index >= 15 is 0 Å². The number of halogens is 1. The van der Waals surface area contributed by atoms with Gasteiger partial charge in [0.25, 0.3) is 5.91 Å². The van der Waals surface area contributed by atoms with Gasteiger partial charge in [-0.15, -0.1) is 0 Å². The number of aromatic nitrogens is 2. The lowest BCUT2D eigenvalue weighted by Crippen LogP contribution is -2.12. The summed E-state index contributed by atoms with van der Waals surface area (Å²) < 4.78 is 10.6. The fourth-order valence-corrected chi connectivity index (χ4v) is 2.69. The SMILES string of the molecule is O=C(Nc1ccc2c(c1)OCO2)c1cc(Cc2ccc(Cl)cc2)[nH]n1. The molecule has 1 aliphatic heterocycles. The van der Waals surface area contributed by atoms with Gasteiger partial charge in [0.15, 0.2) is 17.2 Å². The summed E-state index contributed by atoms with van der Waals surface area (Å²) in [7, 11) is 0. The largest absolute Gasteiger partial charge is 0.454 e. The number of hydrogen-bond donors (Lipinski definition) is 2. The first-order valence-electron chi connectivity index (χ1n) is 7.67. The van der Waals surface area contributed by atoms with Crippen LogP contribution in [0, 0.1) is 0 Å². The lowest BCUT2D eigenvalue weighted by Gasteiger charge is -2.04. The normalized spacial score (nSPS) is 12.2. The molecule has 0 spiro atoms. The minimum Gasteiger partial charge on any atom is -0.454 e. The molecule has 1 aliphatic rings. The highest BCUT2D eigenvalue weighted by Crippen LogP contribution is 2.34. The molecule has 3 aromatic rings. The van der Waals surface area contributed by atoms with Crippen molar-refractivity contribution in [1.29, 1.82) is 0 Å². The molecule has 25 heavy (non-hydrogen) atoms. The molecule has 0 fully saturated rings. The third-order valence-corrected chi connectivity index (χ3v) is 4.05. The first-order chi connectivity index (χ1) is 12.2. The van der Waals surface area contributed by atoms with Crippen molar-refractivity contribution < 1.29 is 14.3 Å². The first-order valence-corrected chi connectivity index (χ1v) is 8.05. The quantitative estimate of drug-likeness (QED) is 0.749. The van der Waals surface area contributed by atoms with Gasteiger partial charge in [0.05, 0.1) is 0 Å². The van der Waals surface area contributed by atoms with Crippen LogP contribution < -0.4 is 14.8 Å². The van der Waals surface area contributed by atoms with E-state index < -0.39 is 0 Å². The highest BCUT2D eigenvalue weighted by atomic mass is 35.5. The molecule has 1 aromatic heterocycles. The molecule has 0 saturated carbocycles. The van der Waals surface area contributed by atoms with E-state index in [0.717, 1.165) is 11.3 Å². The van der Waals surface area contributed by atoms with Crippen molar-refractivity contribution in [2.45, 2.75) is 6.42 Å². The molecule has 6 nitrogen and oxygen atoms in total. The van der Waals surface area contributed by atoms with Gasteiger partial charge in [0.2, 0.25) is 6.79 Å². The van der Waals surface area contributed by atoms with Crippen molar-refractivity contribution >= 4 is 23.2 Å². The number of nitrogens with zero attached hydrogens (tertiary/aromatic N) is 1. The van der Waals surface area contributed by atoms with Crippen LogP contribution in [0.15, 0.2) is 48.5 Å². The standard InChI is InChI=1S/C18H14ClN3O3/c19-12-3-1-11(2-4-12)7-14-8-15(22-21-14)18(23)20-13-5-6-16-17(9-13)25-10-24-16/h1-6,8-9H,7,10H2,(H,20,23)(H,21,22). The van der Waals surface area contributed by atoms with Gasteiger partial charge in [0, 0.05) is 28.9 Å². The van der Waals surface area contributed by atoms with Crippen LogP contribution in [0.5, 0.6) is 11.5 Å². The molecule has 0 bridgehead atoms. The fraction of sp³-hybridized carbons (Fsp3) is 0.111. The van der Waals surface area contributed by atoms with Crippen LogP contribution in [0.2, 0.25) is 5.02 Å². The topological polar surface area (TPSA) is 76.2 Å². The van der Waals surface area contributed by atoms with E-state index in [1.54, 1.807) is 24.3 Å². The third-order valence-electron chi connectivity index (χ3n) is 3.80. The Balaban J connectivity index is 1.44. The summed E-state index contributed by atoms with van der Waals surface area (Å²) in [4.78, 5) is 12.3. The average Bonchev–Trinajstić information content (AvgIpc) is 3.26. The summed E-state index contributed by atoms with van der Waals surface area (Å²) in [6, 6.07) is 14.5. The summed E-state index contributed by atoms with van der Waals surface area (Å²) in [5.41, 5.74) is 2.87. The van der Waals surface area contributed by atoms with Crippen molar-refractivity contribution in [3.8, 4) is 11.5 Å². The van der Waals surface area contributed by atoms with Gasteiger partial charge in [-0.2, -0.15) is 5.10 Å². The minimum atomic E-state index is -0.294. The van der Waals surface area contributed by atoms with Crippen molar-refractivity contribution in [3.05, 3.63) is 70.5 Å². The van der Waals surface area contributed by atoms with E-state index in [2.05, 4.69) is 15.5 Å². The Morgan fingerprint density at radius 1 is 1.12 bits per heavy atom. The van der Waals surface area contributed by atoms with Crippen molar-refractivity contribution in [1.82, 2.24) is 10.2 Å². The number of amides is 1. The predicted molar refractivity (Wildman–Crippen MR) is 93.4 cm³/mol. The van der Waals surface area contributed by atoms with E-state index in [1.165, 1.54) is 0 Å². The second-order valence-corrected chi connectivity index (χ2v) is 6.04. The van der Waals surface area contributed by atoms with Crippen molar-refractivity contribution in [2.75, 3.05) is 12.1 Å². The third kappa shape index (κ3) is 3.44. The monoisotopic (exact) mass is 355 g/mol. The highest BCUT2D eigenvalue weighted by Gasteiger charge is 2.16. The maximum atomic E-state index is 12.3. The van der Waals surface area contributed by atoms with Gasteiger partial charge in [-0.1, -0.05) is 23.7 Å². The lowest BCUT2D eigenvalue weighted by molar-refractivity contribution is 0.102. The van der Waals surface area contributed by atoms with E-state index in [0.29, 0.717) is 34.3 Å². The van der Waals surface area contributed by atoms with Crippen molar-refractivity contribution in [3.63, 3.8) is 0 Å². The highest BCUT2D eigenvalue weighted by molar-refractivity contribution is 6.30. The number of hydrogen-bond acceptors (Lipinski definition) is 4. The van der Waals surface area contributed by atoms with Crippen LogP contribution in [-0.4, -0.2) is 22.9 Å². The van der Waals surface area contributed by atoms with Gasteiger partial charge >= 0.3 is 0 Å². The zero-order valence-corrected chi connectivity index (χ0v) is 13.8. The van der Waals surface area contributed by atoms with Gasteiger partial charge < -0.3 is 14.8 Å². The molecule has 7 heteroatoms. The first kappa shape index (κ1) is 15.5. The number of benzene rings is 2. The number of carbonyl (C=O) groups excluding carboxylic acids is 1. The number of rotatable bonds is 4. The number of anilines is 1. The smallest absolute Gasteiger partial charge is 0.276 e. The summed E-state index contributed by atoms with van der Waals surface area (Å²) >= 11 is 5.88. The number of H-pyrrole nitrogens is 1. The molecule has 2 heterocycles. The van der Waals surface area contributed by atoms with E-state index in [9.17, 15) is 4.79 Å². The van der Waals surface area contributed by atoms with Crippen LogP contribution in [0.1, 0.15) is 21.7 Å². The molecule has 0 radical (unpaired) electrons. The van der Waals surface area contributed by atoms with Crippen LogP contribution in [0.25, 0.3) is 0 Å². The predicted octanol–water partition coefficient (Wildman–Crippen LogP) is 3.63. The van der Waals surface area contributed by atoms with E-state index in [-0.39, 0.29) is 12.7 Å². The number of carbonyl (C=O) groups is 1. The summed E-state index contributed by atoms with van der Waals surface area (Å²) in [6.45, 7) is 0.195. The van der Waals surface area contributed by atoms with Crippen molar-refractivity contribution in [2.24, 2.45) is 0 Å². The lowest BCUT2D eigenvalue weighted by atomic mass is 10.1. The van der Waals surface area contributed by atoms with Crippen LogP contribution in [0.3, 0.4) is 0 Å². The average molecular weight is 356 g/mol. The molecule has 0 atom stereocenters. The van der Waals surface area contributed by atoms with Crippen LogP contribution in [-0.2, 0) is 6.42 Å². The number of ether oxygens (including phenoxy) is 2. The fourth-order valence-electron chi connectivity index (χ4n) is 2.56. The molecule has 2 aromatic carbocycles. The molecule has 0 unspecified atom stereocenters. The van der Waals surface area contributed by atoms with Crippen LogP contribution >= 0.6 is 11.6 Å². The van der Waals surface area contributed by atoms with Gasteiger partial charge in [0.1, 0.15) is 0 Å². The molecule has 2 N–H and O–H groups in total. The second kappa shape index (κ2) is 6.49. The molecule has 1 amide bonds. The molecular weight excluding hydrogens is 342 g/mol. The Morgan fingerprint density at radius 2 is 1.92 bits per heavy atom. The van der Waals surface area contributed by atoms with Crippen LogP contribution in [0.4, 0.5) is 5.69 Å². The molecule has 4 rings (SSSR count). The second-order valence-electron chi connectivity index (χ2n) is 5.60. The van der Waals surface area contributed by atoms with E-state index in [4.69, 9.17) is 21.1 Å². The molecular formula is C18H14ClN3O3. The maximum absolute atomic E-state index is 12.3. The number of nitrogens with one attached hydrogen (secondary N) is 2. The molecule has 0 aliphatic carbocycles. The molecule has 0 saturated heterocycles. The molecule has 126 valence electrons. The zero-order chi connectivity index (χ0) is 17.2. The number of fused-ring (bicyclic) bond motifs is 1. The minimum absolute atomic E-state index is 0.195. The number of aromatic amines is 1. The summed E-state index contributed by atoms with van der Waals surface area (Å²) in [5, 5.41) is 10.5. The van der Waals surface area contributed by atoms with Gasteiger partial charge in [-0.25, -0.2) is 0 Å². The summed E-state index contributed by atoms with van der Waals surface area (Å²) in [6.07, 6.45) is 0.640. The van der Waals surface area contributed by atoms with Gasteiger partial charge in [-0.3, -0.25) is 9.89 Å². The zero-order valence-electron chi connectivity index (χ0n) is 13.1. The Morgan fingerprint density at radius 3 is 2.76 bits per heavy atom. The Kier molecular flexibility index (Phi) is 4.03. The Hall–Kier alpha value is -2.99.